The minimum Gasteiger partial charge on any atom is -0.258 e. The van der Waals surface area contributed by atoms with E-state index in [-0.39, 0.29) is 0 Å². The first kappa shape index (κ1) is 12.5. The van der Waals surface area contributed by atoms with Gasteiger partial charge in [-0.3, -0.25) is 10.1 Å². The number of nitro groups is 1. The summed E-state index contributed by atoms with van der Waals surface area (Å²) in [5.74, 6) is 0. The van der Waals surface area contributed by atoms with Crippen LogP contribution in [0.25, 0.3) is 0 Å². The molecule has 0 aliphatic carbocycles. The van der Waals surface area contributed by atoms with Gasteiger partial charge in [-0.05, 0) is 28.7 Å². The lowest BCUT2D eigenvalue weighted by Crippen LogP contribution is -2.10. The Morgan fingerprint density at radius 2 is 1.93 bits per heavy atom. The van der Waals surface area contributed by atoms with Crippen LogP contribution in [0.15, 0.2) is 12.1 Å². The van der Waals surface area contributed by atoms with E-state index in [1.165, 1.54) is 22.6 Å². The molecule has 0 aliphatic heterocycles. The fourth-order valence-electron chi connectivity index (χ4n) is 0.942. The quantitative estimate of drug-likeness (QED) is 0.438. The van der Waals surface area contributed by atoms with E-state index in [1.54, 1.807) is 0 Å². The highest BCUT2D eigenvalue weighted by Gasteiger charge is 2.38. The number of benzene rings is 1. The van der Waals surface area contributed by atoms with E-state index in [0.29, 0.717) is 0 Å². The Bertz CT molecular complexity index is 421. The van der Waals surface area contributed by atoms with Gasteiger partial charge in [0.1, 0.15) is 3.57 Å². The first-order valence-electron chi connectivity index (χ1n) is 3.44. The summed E-state index contributed by atoms with van der Waals surface area (Å²) in [5.41, 5.74) is -1.77. The molecule has 1 rings (SSSR count). The SMILES string of the molecule is O=[N+]([O-])c1ccc(Cl)c(C(F)(F)F)c1I. The summed E-state index contributed by atoms with van der Waals surface area (Å²) in [6.07, 6.45) is -4.69. The van der Waals surface area contributed by atoms with Gasteiger partial charge in [-0.1, -0.05) is 11.6 Å². The van der Waals surface area contributed by atoms with E-state index in [9.17, 15) is 23.3 Å². The monoisotopic (exact) mass is 351 g/mol. The maximum Gasteiger partial charge on any atom is 0.419 e. The average molecular weight is 351 g/mol. The summed E-state index contributed by atoms with van der Waals surface area (Å²) in [6.45, 7) is 0. The molecule has 0 aliphatic rings. The third-order valence-electron chi connectivity index (χ3n) is 1.55. The van der Waals surface area contributed by atoms with Crippen LogP contribution in [0.1, 0.15) is 5.56 Å². The average Bonchev–Trinajstić information content (AvgIpc) is 2.00. The van der Waals surface area contributed by atoms with Crippen molar-refractivity contribution in [1.29, 1.82) is 0 Å². The number of rotatable bonds is 1. The lowest BCUT2D eigenvalue weighted by molar-refractivity contribution is -0.386. The second-order valence-corrected chi connectivity index (χ2v) is 4.00. The summed E-state index contributed by atoms with van der Waals surface area (Å²) >= 11 is 6.60. The molecule has 8 heteroatoms. The van der Waals surface area contributed by atoms with Gasteiger partial charge in [0.25, 0.3) is 5.69 Å². The number of hydrogen-bond acceptors (Lipinski definition) is 2. The predicted octanol–water partition coefficient (Wildman–Crippen LogP) is 3.87. The van der Waals surface area contributed by atoms with E-state index in [0.717, 1.165) is 12.1 Å². The Morgan fingerprint density at radius 3 is 2.33 bits per heavy atom. The minimum atomic E-state index is -4.69. The van der Waals surface area contributed by atoms with Gasteiger partial charge in [0.2, 0.25) is 0 Å². The van der Waals surface area contributed by atoms with Crippen LogP contribution in [0.5, 0.6) is 0 Å². The van der Waals surface area contributed by atoms with Gasteiger partial charge >= 0.3 is 6.18 Å². The van der Waals surface area contributed by atoms with Crippen LogP contribution < -0.4 is 0 Å². The van der Waals surface area contributed by atoms with E-state index in [2.05, 4.69) is 0 Å². The summed E-state index contributed by atoms with van der Waals surface area (Å²) in [7, 11) is 0. The van der Waals surface area contributed by atoms with Gasteiger partial charge in [-0.15, -0.1) is 0 Å². The standard InChI is InChI=1S/C7H2ClF3INO2/c8-3-1-2-4(13(14)15)6(12)5(3)7(9,10)11/h1-2H. The van der Waals surface area contributed by atoms with Crippen LogP contribution in [-0.4, -0.2) is 4.92 Å². The number of nitrogens with zero attached hydrogens (tertiary/aromatic N) is 1. The Labute approximate surface area is 101 Å². The molecule has 0 atom stereocenters. The maximum absolute atomic E-state index is 12.4. The summed E-state index contributed by atoms with van der Waals surface area (Å²) in [6, 6.07) is 1.81. The summed E-state index contributed by atoms with van der Waals surface area (Å²) in [4.78, 5) is 9.52. The highest BCUT2D eigenvalue weighted by Crippen LogP contribution is 2.41. The van der Waals surface area contributed by atoms with Gasteiger partial charge < -0.3 is 0 Å². The van der Waals surface area contributed by atoms with Gasteiger partial charge in [0.15, 0.2) is 0 Å². The van der Waals surface area contributed by atoms with E-state index < -0.39 is 30.9 Å². The van der Waals surface area contributed by atoms with Crippen molar-refractivity contribution < 1.29 is 18.1 Å². The van der Waals surface area contributed by atoms with Gasteiger partial charge in [-0.2, -0.15) is 13.2 Å². The zero-order chi connectivity index (χ0) is 11.8. The Kier molecular flexibility index (Phi) is 3.44. The van der Waals surface area contributed by atoms with Crippen LogP contribution in [0.3, 0.4) is 0 Å². The van der Waals surface area contributed by atoms with E-state index in [4.69, 9.17) is 11.6 Å². The normalized spacial score (nSPS) is 11.5. The molecule has 0 N–H and O–H groups in total. The molecular formula is C7H2ClF3INO2. The van der Waals surface area contributed by atoms with Gasteiger partial charge in [0, 0.05) is 6.07 Å². The Hall–Kier alpha value is -0.570. The maximum atomic E-state index is 12.4. The number of halogens is 5. The molecule has 1 aromatic rings. The largest absolute Gasteiger partial charge is 0.419 e. The smallest absolute Gasteiger partial charge is 0.258 e. The lowest BCUT2D eigenvalue weighted by Gasteiger charge is -2.10. The van der Waals surface area contributed by atoms with Crippen molar-refractivity contribution in [2.24, 2.45) is 0 Å². The summed E-state index contributed by atoms with van der Waals surface area (Å²) in [5, 5.41) is 9.86. The van der Waals surface area contributed by atoms with Crippen molar-refractivity contribution in [3.63, 3.8) is 0 Å². The van der Waals surface area contributed by atoms with Crippen molar-refractivity contribution in [3.8, 4) is 0 Å². The molecule has 3 nitrogen and oxygen atoms in total. The van der Waals surface area contributed by atoms with E-state index in [1.807, 2.05) is 0 Å². The molecule has 0 heterocycles. The third kappa shape index (κ3) is 2.51. The third-order valence-corrected chi connectivity index (χ3v) is 2.96. The highest BCUT2D eigenvalue weighted by molar-refractivity contribution is 14.1. The molecule has 15 heavy (non-hydrogen) atoms. The fraction of sp³-hybridized carbons (Fsp3) is 0.143. The molecule has 0 saturated carbocycles. The number of alkyl halides is 3. The fourth-order valence-corrected chi connectivity index (χ4v) is 2.34. The van der Waals surface area contributed by atoms with Crippen LogP contribution in [0.4, 0.5) is 18.9 Å². The predicted molar refractivity (Wildman–Crippen MR) is 55.8 cm³/mol. The number of nitro benzene ring substituents is 1. The highest BCUT2D eigenvalue weighted by atomic mass is 127. The molecule has 0 amide bonds. The second-order valence-electron chi connectivity index (χ2n) is 2.51. The molecule has 1 aromatic carbocycles. The lowest BCUT2D eigenvalue weighted by atomic mass is 10.2. The first-order valence-corrected chi connectivity index (χ1v) is 4.90. The van der Waals surface area contributed by atoms with Crippen molar-refractivity contribution in [3.05, 3.63) is 36.4 Å². The molecule has 0 saturated heterocycles. The topological polar surface area (TPSA) is 43.1 Å². The van der Waals surface area contributed by atoms with Crippen LogP contribution in [0, 0.1) is 13.7 Å². The minimum absolute atomic E-state index is 0.502. The second kappa shape index (κ2) is 4.12. The van der Waals surface area contributed by atoms with Crippen LogP contribution in [-0.2, 0) is 6.18 Å². The molecule has 0 radical (unpaired) electrons. The Balaban J connectivity index is 3.51. The number of hydrogen-bond donors (Lipinski definition) is 0. The van der Waals surface area contributed by atoms with Gasteiger partial charge in [-0.25, -0.2) is 0 Å². The summed E-state index contributed by atoms with van der Waals surface area (Å²) < 4.78 is 36.8. The van der Waals surface area contributed by atoms with Crippen molar-refractivity contribution in [1.82, 2.24) is 0 Å². The molecule has 0 spiro atoms. The van der Waals surface area contributed by atoms with Gasteiger partial charge in [0.05, 0.1) is 15.5 Å². The van der Waals surface area contributed by atoms with Crippen LogP contribution in [0.2, 0.25) is 5.02 Å². The molecular weight excluding hydrogens is 349 g/mol. The molecule has 82 valence electrons. The first-order chi connectivity index (χ1) is 6.75. The molecule has 0 aromatic heterocycles. The molecule has 0 bridgehead atoms. The molecule has 0 unspecified atom stereocenters. The van der Waals surface area contributed by atoms with Crippen molar-refractivity contribution >= 4 is 39.9 Å². The van der Waals surface area contributed by atoms with Crippen LogP contribution >= 0.6 is 34.2 Å². The zero-order valence-corrected chi connectivity index (χ0v) is 9.72. The van der Waals surface area contributed by atoms with Crippen molar-refractivity contribution in [2.45, 2.75) is 6.18 Å². The van der Waals surface area contributed by atoms with E-state index >= 15 is 0 Å². The molecule has 0 fully saturated rings. The Morgan fingerprint density at radius 1 is 1.40 bits per heavy atom. The zero-order valence-electron chi connectivity index (χ0n) is 6.81. The van der Waals surface area contributed by atoms with Crippen molar-refractivity contribution in [2.75, 3.05) is 0 Å².